The van der Waals surface area contributed by atoms with Crippen LogP contribution < -0.4 is 4.74 Å². The zero-order valence-corrected chi connectivity index (χ0v) is 18.0. The average molecular weight is 464 g/mol. The van der Waals surface area contributed by atoms with Gasteiger partial charge in [0, 0.05) is 42.5 Å². The van der Waals surface area contributed by atoms with Gasteiger partial charge in [-0.25, -0.2) is 4.98 Å². The highest BCUT2D eigenvalue weighted by Gasteiger charge is 2.27. The van der Waals surface area contributed by atoms with E-state index in [4.69, 9.17) is 0 Å². The molecule has 4 rings (SSSR count). The standard InChI is InChI=1S/C21H19F2N3O3S2/c22-21(23)29-17-4-2-1-3-16(17)20(28)26-8-6-25(7-9-26)18(27)11-15-13-31-19(24-15)14-5-10-30-12-14/h1-5,10,12-13,21H,6-9,11H2. The number of thiazole rings is 1. The van der Waals surface area contributed by atoms with E-state index >= 15 is 0 Å². The van der Waals surface area contributed by atoms with E-state index in [0.717, 1.165) is 16.3 Å². The molecule has 162 valence electrons. The first-order valence-corrected chi connectivity index (χ1v) is 11.4. The zero-order chi connectivity index (χ0) is 21.8. The molecule has 1 aromatic carbocycles. The predicted molar refractivity (Wildman–Crippen MR) is 115 cm³/mol. The predicted octanol–water partition coefficient (Wildman–Crippen LogP) is 4.00. The third kappa shape index (κ3) is 5.08. The van der Waals surface area contributed by atoms with Crippen molar-refractivity contribution < 1.29 is 23.1 Å². The van der Waals surface area contributed by atoms with Crippen LogP contribution in [0.25, 0.3) is 10.6 Å². The smallest absolute Gasteiger partial charge is 0.387 e. The van der Waals surface area contributed by atoms with Crippen LogP contribution in [0, 0.1) is 0 Å². The van der Waals surface area contributed by atoms with E-state index in [0.29, 0.717) is 26.2 Å². The van der Waals surface area contributed by atoms with Gasteiger partial charge in [-0.1, -0.05) is 12.1 Å². The molecule has 0 atom stereocenters. The fraction of sp³-hybridized carbons (Fsp3) is 0.286. The highest BCUT2D eigenvalue weighted by Crippen LogP contribution is 2.26. The molecule has 3 heterocycles. The Hall–Kier alpha value is -2.85. The molecule has 0 saturated carbocycles. The van der Waals surface area contributed by atoms with Crippen LogP contribution in [0.3, 0.4) is 0 Å². The van der Waals surface area contributed by atoms with E-state index in [1.54, 1.807) is 27.2 Å². The summed E-state index contributed by atoms with van der Waals surface area (Å²) in [5, 5.41) is 6.79. The molecule has 1 aliphatic heterocycles. The summed E-state index contributed by atoms with van der Waals surface area (Å²) in [5.74, 6) is -0.579. The number of carbonyl (C=O) groups is 2. The van der Waals surface area contributed by atoms with Gasteiger partial charge < -0.3 is 14.5 Å². The second-order valence-electron chi connectivity index (χ2n) is 6.88. The highest BCUT2D eigenvalue weighted by atomic mass is 32.1. The van der Waals surface area contributed by atoms with Crippen molar-refractivity contribution in [2.75, 3.05) is 26.2 Å². The van der Waals surface area contributed by atoms with Crippen LogP contribution in [-0.4, -0.2) is 59.4 Å². The third-order valence-corrected chi connectivity index (χ3v) is 6.53. The van der Waals surface area contributed by atoms with E-state index in [2.05, 4.69) is 9.72 Å². The number of hydrogen-bond acceptors (Lipinski definition) is 6. The molecule has 0 unspecified atom stereocenters. The van der Waals surface area contributed by atoms with E-state index < -0.39 is 6.61 Å². The fourth-order valence-corrected chi connectivity index (χ4v) is 4.88. The molecular formula is C21H19F2N3O3S2. The topological polar surface area (TPSA) is 62.7 Å². The number of ether oxygens (including phenoxy) is 1. The number of rotatable bonds is 6. The molecule has 1 aliphatic rings. The van der Waals surface area contributed by atoms with Crippen molar-refractivity contribution in [2.45, 2.75) is 13.0 Å². The summed E-state index contributed by atoms with van der Waals surface area (Å²) in [6, 6.07) is 7.94. The first kappa shape index (κ1) is 21.4. The number of carbonyl (C=O) groups excluding carboxylic acids is 2. The number of amides is 2. The second-order valence-corrected chi connectivity index (χ2v) is 8.52. The first-order valence-electron chi connectivity index (χ1n) is 9.59. The van der Waals surface area contributed by atoms with Crippen molar-refractivity contribution in [3.05, 3.63) is 57.7 Å². The Bertz CT molecular complexity index is 1050. The average Bonchev–Trinajstić information content (AvgIpc) is 3.45. The fourth-order valence-electron chi connectivity index (χ4n) is 3.35. The minimum atomic E-state index is -3.01. The number of benzene rings is 1. The van der Waals surface area contributed by atoms with Crippen molar-refractivity contribution in [3.63, 3.8) is 0 Å². The van der Waals surface area contributed by atoms with E-state index in [-0.39, 0.29) is 29.5 Å². The number of aromatic nitrogens is 1. The minimum absolute atomic E-state index is 0.0456. The molecule has 0 spiro atoms. The van der Waals surface area contributed by atoms with Crippen molar-refractivity contribution in [1.82, 2.24) is 14.8 Å². The van der Waals surface area contributed by atoms with Crippen LogP contribution in [0.5, 0.6) is 5.75 Å². The first-order chi connectivity index (χ1) is 15.0. The number of alkyl halides is 2. The maximum atomic E-state index is 12.8. The molecular weight excluding hydrogens is 444 g/mol. The maximum absolute atomic E-state index is 12.8. The quantitative estimate of drug-likeness (QED) is 0.554. The molecule has 0 bridgehead atoms. The van der Waals surface area contributed by atoms with E-state index in [9.17, 15) is 18.4 Å². The molecule has 1 saturated heterocycles. The Morgan fingerprint density at radius 1 is 1.06 bits per heavy atom. The van der Waals surface area contributed by atoms with Crippen LogP contribution in [0.15, 0.2) is 46.5 Å². The van der Waals surface area contributed by atoms with Gasteiger partial charge in [0.2, 0.25) is 5.91 Å². The van der Waals surface area contributed by atoms with Crippen LogP contribution in [-0.2, 0) is 11.2 Å². The Labute approximate surface area is 185 Å². The van der Waals surface area contributed by atoms with Crippen molar-refractivity contribution in [1.29, 1.82) is 0 Å². The molecule has 0 N–H and O–H groups in total. The second kappa shape index (κ2) is 9.52. The van der Waals surface area contributed by atoms with Gasteiger partial charge in [0.1, 0.15) is 10.8 Å². The van der Waals surface area contributed by atoms with Gasteiger partial charge in [-0.2, -0.15) is 20.1 Å². The number of para-hydroxylation sites is 1. The highest BCUT2D eigenvalue weighted by molar-refractivity contribution is 7.14. The normalized spacial score (nSPS) is 14.2. The zero-order valence-electron chi connectivity index (χ0n) is 16.4. The van der Waals surface area contributed by atoms with Gasteiger partial charge in [0.05, 0.1) is 17.7 Å². The maximum Gasteiger partial charge on any atom is 0.387 e. The van der Waals surface area contributed by atoms with Gasteiger partial charge in [0.25, 0.3) is 5.91 Å². The van der Waals surface area contributed by atoms with Gasteiger partial charge >= 0.3 is 6.61 Å². The summed E-state index contributed by atoms with van der Waals surface area (Å²) in [5.41, 5.74) is 1.87. The molecule has 2 amide bonds. The van der Waals surface area contributed by atoms with E-state index in [1.807, 2.05) is 22.2 Å². The van der Waals surface area contributed by atoms with E-state index in [1.165, 1.54) is 29.5 Å². The lowest BCUT2D eigenvalue weighted by Crippen LogP contribution is -2.51. The molecule has 0 radical (unpaired) electrons. The van der Waals surface area contributed by atoms with Crippen molar-refractivity contribution in [3.8, 4) is 16.3 Å². The molecule has 1 fully saturated rings. The summed E-state index contributed by atoms with van der Waals surface area (Å²) < 4.78 is 29.7. The van der Waals surface area contributed by atoms with Gasteiger partial charge in [0.15, 0.2) is 0 Å². The monoisotopic (exact) mass is 463 g/mol. The SMILES string of the molecule is O=C(Cc1csc(-c2ccsc2)n1)N1CCN(C(=O)c2ccccc2OC(F)F)CC1. The summed E-state index contributed by atoms with van der Waals surface area (Å²) in [4.78, 5) is 33.2. The Morgan fingerprint density at radius 2 is 1.81 bits per heavy atom. The van der Waals surface area contributed by atoms with Crippen LogP contribution in [0.1, 0.15) is 16.1 Å². The lowest BCUT2D eigenvalue weighted by atomic mass is 10.1. The lowest BCUT2D eigenvalue weighted by Gasteiger charge is -2.35. The number of nitrogens with zero attached hydrogens (tertiary/aromatic N) is 3. The third-order valence-electron chi connectivity index (χ3n) is 4.91. The van der Waals surface area contributed by atoms with Crippen LogP contribution in [0.2, 0.25) is 0 Å². The molecule has 10 heteroatoms. The van der Waals surface area contributed by atoms with Crippen LogP contribution in [0.4, 0.5) is 8.78 Å². The van der Waals surface area contributed by atoms with Crippen molar-refractivity contribution in [2.24, 2.45) is 0 Å². The molecule has 31 heavy (non-hydrogen) atoms. The Kier molecular flexibility index (Phi) is 6.57. The van der Waals surface area contributed by atoms with Gasteiger partial charge in [-0.3, -0.25) is 9.59 Å². The number of hydrogen-bond donors (Lipinski definition) is 0. The molecule has 2 aromatic heterocycles. The van der Waals surface area contributed by atoms with Gasteiger partial charge in [-0.15, -0.1) is 11.3 Å². The summed E-state index contributed by atoms with van der Waals surface area (Å²) in [6.45, 7) is -1.60. The lowest BCUT2D eigenvalue weighted by molar-refractivity contribution is -0.132. The number of halogens is 2. The number of piperazine rings is 1. The molecule has 0 aliphatic carbocycles. The van der Waals surface area contributed by atoms with Crippen LogP contribution >= 0.6 is 22.7 Å². The van der Waals surface area contributed by atoms with Crippen molar-refractivity contribution >= 4 is 34.5 Å². The Balaban J connectivity index is 1.33. The molecule has 3 aromatic rings. The minimum Gasteiger partial charge on any atom is -0.434 e. The Morgan fingerprint density at radius 3 is 2.52 bits per heavy atom. The number of thiophene rings is 1. The summed E-state index contributed by atoms with van der Waals surface area (Å²) >= 11 is 3.11. The summed E-state index contributed by atoms with van der Waals surface area (Å²) in [7, 11) is 0. The summed E-state index contributed by atoms with van der Waals surface area (Å²) in [6.07, 6.45) is 0.208. The van der Waals surface area contributed by atoms with Gasteiger partial charge in [-0.05, 0) is 23.6 Å². The molecule has 6 nitrogen and oxygen atoms in total. The largest absolute Gasteiger partial charge is 0.434 e.